The monoisotopic (exact) mass is 334 g/mol. The summed E-state index contributed by atoms with van der Waals surface area (Å²) >= 11 is 1.11. The largest absolute Gasteiger partial charge is 0.337 e. The van der Waals surface area contributed by atoms with E-state index in [4.69, 9.17) is 0 Å². The van der Waals surface area contributed by atoms with Gasteiger partial charge in [-0.1, -0.05) is 6.07 Å². The number of halogens is 3. The molecule has 0 radical (unpaired) electrons. The van der Waals surface area contributed by atoms with Crippen molar-refractivity contribution in [2.24, 2.45) is 4.99 Å². The Bertz CT molecular complexity index is 461. The van der Waals surface area contributed by atoms with Gasteiger partial charge in [-0.25, -0.2) is 4.99 Å². The van der Waals surface area contributed by atoms with Crippen LogP contribution in [0.4, 0.5) is 8.78 Å². The first-order valence-electron chi connectivity index (χ1n) is 4.73. The van der Waals surface area contributed by atoms with Gasteiger partial charge in [0.2, 0.25) is 0 Å². The fourth-order valence-electron chi connectivity index (χ4n) is 1.61. The van der Waals surface area contributed by atoms with Crippen molar-refractivity contribution in [3.05, 3.63) is 41.4 Å². The van der Waals surface area contributed by atoms with Crippen molar-refractivity contribution >= 4 is 28.3 Å². The lowest BCUT2D eigenvalue weighted by atomic mass is 10.1. The third-order valence-electron chi connectivity index (χ3n) is 2.35. The number of pyridine rings is 1. The van der Waals surface area contributed by atoms with Crippen LogP contribution < -0.4 is 0 Å². The number of aliphatic imine (C=N–C) groups is 1. The number of allylic oxidation sites excluding steroid dienone is 2. The highest BCUT2D eigenvalue weighted by Gasteiger charge is 2.35. The lowest BCUT2D eigenvalue weighted by molar-refractivity contribution is 0.167. The third-order valence-corrected chi connectivity index (χ3v) is 2.86. The Morgan fingerprint density at radius 3 is 2.69 bits per heavy atom. The van der Waals surface area contributed by atoms with Crippen molar-refractivity contribution in [2.75, 3.05) is 0 Å². The van der Waals surface area contributed by atoms with Gasteiger partial charge >= 0.3 is 3.93 Å². The van der Waals surface area contributed by atoms with Crippen molar-refractivity contribution < 1.29 is 8.78 Å². The number of rotatable bonds is 2. The zero-order valence-electron chi connectivity index (χ0n) is 8.54. The first kappa shape index (κ1) is 11.6. The Morgan fingerprint density at radius 1 is 1.44 bits per heavy atom. The average Bonchev–Trinajstić information content (AvgIpc) is 2.61. The molecule has 0 fully saturated rings. The van der Waals surface area contributed by atoms with E-state index in [1.54, 1.807) is 25.4 Å². The molecule has 0 saturated carbocycles. The number of hydrogen-bond donors (Lipinski definition) is 0. The van der Waals surface area contributed by atoms with E-state index in [9.17, 15) is 8.78 Å². The summed E-state index contributed by atoms with van der Waals surface area (Å²) in [6, 6.07) is 3.60. The van der Waals surface area contributed by atoms with E-state index in [0.717, 1.165) is 28.2 Å². The van der Waals surface area contributed by atoms with Crippen LogP contribution in [0.15, 0.2) is 40.8 Å². The molecule has 16 heavy (non-hydrogen) atoms. The molecular formula is C11H9F2IN2. The average molecular weight is 334 g/mol. The molecule has 2 nitrogen and oxygen atoms in total. The minimum Gasteiger partial charge on any atom is -0.264 e. The summed E-state index contributed by atoms with van der Waals surface area (Å²) < 4.78 is 23.4. The fraction of sp³-hybridized carbons (Fsp3) is 0.273. The first-order valence-corrected chi connectivity index (χ1v) is 5.81. The summed E-state index contributed by atoms with van der Waals surface area (Å²) in [6.07, 6.45) is 3.76. The predicted molar refractivity (Wildman–Crippen MR) is 67.1 cm³/mol. The van der Waals surface area contributed by atoms with Crippen molar-refractivity contribution in [1.29, 1.82) is 0 Å². The summed E-state index contributed by atoms with van der Waals surface area (Å²) in [6.45, 7) is 1.69. The lowest BCUT2D eigenvalue weighted by Crippen LogP contribution is -2.07. The normalized spacial score (nSPS) is 16.6. The summed E-state index contributed by atoms with van der Waals surface area (Å²) in [4.78, 5) is 7.96. The molecule has 2 heterocycles. The van der Waals surface area contributed by atoms with Gasteiger partial charge in [-0.15, -0.1) is 0 Å². The van der Waals surface area contributed by atoms with Crippen molar-refractivity contribution in [3.8, 4) is 0 Å². The molecular weight excluding hydrogens is 325 g/mol. The molecule has 0 atom stereocenters. The van der Waals surface area contributed by atoms with Crippen LogP contribution >= 0.6 is 22.6 Å². The smallest absolute Gasteiger partial charge is 0.264 e. The fourth-order valence-corrected chi connectivity index (χ4v) is 2.19. The standard InChI is InChI=1S/C11H9F2IN2/c1-7-5-9(8-3-2-4-15-6-8)16-10(7)11(12,13)14/h2-4,6H,5H2,1H3. The van der Waals surface area contributed by atoms with Crippen LogP contribution in [-0.4, -0.2) is 14.6 Å². The molecule has 0 aromatic carbocycles. The van der Waals surface area contributed by atoms with Gasteiger partial charge < -0.3 is 0 Å². The van der Waals surface area contributed by atoms with E-state index in [1.165, 1.54) is 0 Å². The SMILES string of the molecule is CC1=C(C(F)(F)I)N=C(c2cccnc2)C1. The molecule has 2 rings (SSSR count). The van der Waals surface area contributed by atoms with Gasteiger partial charge in [-0.2, -0.15) is 8.78 Å². The highest BCUT2D eigenvalue weighted by atomic mass is 127. The topological polar surface area (TPSA) is 25.2 Å². The molecule has 1 aromatic heterocycles. The predicted octanol–water partition coefficient (Wildman–Crippen LogP) is 3.58. The van der Waals surface area contributed by atoms with E-state index in [1.807, 2.05) is 6.07 Å². The van der Waals surface area contributed by atoms with Crippen LogP contribution in [0.5, 0.6) is 0 Å². The van der Waals surface area contributed by atoms with E-state index in [0.29, 0.717) is 17.7 Å². The highest BCUT2D eigenvalue weighted by molar-refractivity contribution is 14.1. The first-order chi connectivity index (χ1) is 7.48. The van der Waals surface area contributed by atoms with Crippen LogP contribution in [0.25, 0.3) is 0 Å². The molecule has 84 valence electrons. The van der Waals surface area contributed by atoms with Crippen molar-refractivity contribution in [1.82, 2.24) is 4.98 Å². The van der Waals surface area contributed by atoms with E-state index < -0.39 is 3.93 Å². The van der Waals surface area contributed by atoms with E-state index >= 15 is 0 Å². The van der Waals surface area contributed by atoms with Gasteiger partial charge in [0, 0.05) is 47.0 Å². The molecule has 0 aliphatic carbocycles. The second kappa shape index (κ2) is 4.20. The van der Waals surface area contributed by atoms with Gasteiger partial charge in [0.1, 0.15) is 5.70 Å². The Hall–Kier alpha value is -0.850. The van der Waals surface area contributed by atoms with Crippen LogP contribution in [0.3, 0.4) is 0 Å². The molecule has 1 aliphatic rings. The maximum atomic E-state index is 13.2. The third kappa shape index (κ3) is 2.28. The second-order valence-electron chi connectivity index (χ2n) is 3.60. The molecule has 0 spiro atoms. The van der Waals surface area contributed by atoms with Gasteiger partial charge in [-0.05, 0) is 18.6 Å². The zero-order chi connectivity index (χ0) is 11.8. The molecule has 1 aromatic rings. The molecule has 0 saturated heterocycles. The molecule has 0 N–H and O–H groups in total. The summed E-state index contributed by atoms with van der Waals surface area (Å²) in [5.41, 5.74) is 1.97. The molecule has 0 amide bonds. The maximum Gasteiger partial charge on any atom is 0.337 e. The Kier molecular flexibility index (Phi) is 3.05. The van der Waals surface area contributed by atoms with Crippen LogP contribution in [0.2, 0.25) is 0 Å². The van der Waals surface area contributed by atoms with Gasteiger partial charge in [0.25, 0.3) is 0 Å². The van der Waals surface area contributed by atoms with Gasteiger partial charge in [0.05, 0.1) is 5.71 Å². The van der Waals surface area contributed by atoms with Gasteiger partial charge in [0.15, 0.2) is 0 Å². The summed E-state index contributed by atoms with van der Waals surface area (Å²) in [5.74, 6) is 0. The quantitative estimate of drug-likeness (QED) is 0.600. The number of alkyl halides is 3. The molecule has 1 aliphatic heterocycles. The van der Waals surface area contributed by atoms with Crippen molar-refractivity contribution in [3.63, 3.8) is 0 Å². The van der Waals surface area contributed by atoms with Gasteiger partial charge in [-0.3, -0.25) is 4.98 Å². The lowest BCUT2D eigenvalue weighted by Gasteiger charge is -2.07. The maximum absolute atomic E-state index is 13.2. The molecule has 0 bridgehead atoms. The number of hydrogen-bond acceptors (Lipinski definition) is 2. The highest BCUT2D eigenvalue weighted by Crippen LogP contribution is 2.39. The minimum atomic E-state index is -2.90. The zero-order valence-corrected chi connectivity index (χ0v) is 10.7. The van der Waals surface area contributed by atoms with Crippen LogP contribution in [0, 0.1) is 0 Å². The van der Waals surface area contributed by atoms with E-state index in [-0.39, 0.29) is 5.70 Å². The van der Waals surface area contributed by atoms with Crippen LogP contribution in [0.1, 0.15) is 18.9 Å². The Balaban J connectivity index is 2.33. The molecule has 0 unspecified atom stereocenters. The Morgan fingerprint density at radius 2 is 2.19 bits per heavy atom. The van der Waals surface area contributed by atoms with Crippen molar-refractivity contribution in [2.45, 2.75) is 17.3 Å². The van der Waals surface area contributed by atoms with Crippen LogP contribution in [-0.2, 0) is 0 Å². The van der Waals surface area contributed by atoms with E-state index in [2.05, 4.69) is 9.98 Å². The Labute approximate surface area is 106 Å². The summed E-state index contributed by atoms with van der Waals surface area (Å²) in [7, 11) is 0. The number of nitrogens with zero attached hydrogens (tertiary/aromatic N) is 2. The second-order valence-corrected chi connectivity index (χ2v) is 4.96. The minimum absolute atomic E-state index is 0.119. The summed E-state index contributed by atoms with van der Waals surface area (Å²) in [5, 5.41) is 0. The number of aromatic nitrogens is 1. The molecule has 5 heteroatoms.